The van der Waals surface area contributed by atoms with Crippen LogP contribution < -0.4 is 10.2 Å². The molecule has 1 aliphatic rings. The van der Waals surface area contributed by atoms with Crippen molar-refractivity contribution in [3.63, 3.8) is 0 Å². The summed E-state index contributed by atoms with van der Waals surface area (Å²) in [6.45, 7) is 0.676. The van der Waals surface area contributed by atoms with Crippen LogP contribution in [0.2, 0.25) is 0 Å². The molecule has 4 nitrogen and oxygen atoms in total. The Morgan fingerprint density at radius 1 is 1.24 bits per heavy atom. The Morgan fingerprint density at radius 2 is 2.05 bits per heavy atom. The van der Waals surface area contributed by atoms with E-state index in [1.165, 1.54) is 0 Å². The number of alkyl halides is 1. The highest BCUT2D eigenvalue weighted by Crippen LogP contribution is 2.26. The normalized spacial score (nSPS) is 18.0. The number of nitrogens with zero attached hydrogens (tertiary/aromatic N) is 2. The third kappa shape index (κ3) is 3.16. The van der Waals surface area contributed by atoms with E-state index in [0.717, 1.165) is 17.2 Å². The lowest BCUT2D eigenvalue weighted by Crippen LogP contribution is -2.24. The summed E-state index contributed by atoms with van der Waals surface area (Å²) in [6, 6.07) is 13.6. The molecule has 1 fully saturated rings. The fraction of sp³-hybridized carbons (Fsp3) is 0.250. The fourth-order valence-electron chi connectivity index (χ4n) is 2.42. The maximum Gasteiger partial charge on any atom is 0.227 e. The first-order valence-electron chi connectivity index (χ1n) is 6.90. The molecule has 0 saturated carbocycles. The second kappa shape index (κ2) is 6.14. The van der Waals surface area contributed by atoms with Gasteiger partial charge in [0.05, 0.1) is 11.9 Å². The monoisotopic (exact) mass is 301 g/mol. The summed E-state index contributed by atoms with van der Waals surface area (Å²) < 4.78 is 0. The molecule has 3 rings (SSSR count). The summed E-state index contributed by atoms with van der Waals surface area (Å²) in [5.41, 5.74) is 1.81. The first kappa shape index (κ1) is 13.9. The molecule has 1 unspecified atom stereocenters. The number of aromatic nitrogens is 1. The second-order valence-electron chi connectivity index (χ2n) is 5.12. The molecular weight excluding hydrogens is 286 g/mol. The number of hydrogen-bond donors (Lipinski definition) is 1. The van der Waals surface area contributed by atoms with Crippen LogP contribution in [0.5, 0.6) is 0 Å². The molecule has 21 heavy (non-hydrogen) atoms. The fourth-order valence-corrected chi connectivity index (χ4v) is 2.63. The maximum atomic E-state index is 11.9. The van der Waals surface area contributed by atoms with Gasteiger partial charge in [-0.15, -0.1) is 11.6 Å². The van der Waals surface area contributed by atoms with Gasteiger partial charge in [0.25, 0.3) is 0 Å². The average Bonchev–Trinajstić information content (AvgIpc) is 2.90. The Morgan fingerprint density at radius 3 is 2.67 bits per heavy atom. The minimum atomic E-state index is 0.117. The summed E-state index contributed by atoms with van der Waals surface area (Å²) in [7, 11) is 0. The predicted molar refractivity (Wildman–Crippen MR) is 85.1 cm³/mol. The number of carbonyl (C=O) groups is 1. The van der Waals surface area contributed by atoms with E-state index in [1.54, 1.807) is 11.1 Å². The van der Waals surface area contributed by atoms with E-state index >= 15 is 0 Å². The molecule has 0 bridgehead atoms. The number of rotatable bonds is 4. The Balaban J connectivity index is 1.71. The predicted octanol–water partition coefficient (Wildman–Crippen LogP) is 3.42. The topological polar surface area (TPSA) is 45.2 Å². The molecule has 2 aromatic rings. The van der Waals surface area contributed by atoms with Crippen LogP contribution in [0.3, 0.4) is 0 Å². The van der Waals surface area contributed by atoms with E-state index in [-0.39, 0.29) is 11.8 Å². The van der Waals surface area contributed by atoms with Gasteiger partial charge in [0.1, 0.15) is 5.82 Å². The molecule has 1 aliphatic heterocycles. The van der Waals surface area contributed by atoms with Gasteiger partial charge in [-0.3, -0.25) is 4.79 Å². The summed E-state index contributed by atoms with van der Waals surface area (Å²) in [6.07, 6.45) is 2.24. The Labute approximate surface area is 128 Å². The van der Waals surface area contributed by atoms with Gasteiger partial charge < -0.3 is 10.2 Å². The standard InChI is InChI=1S/C16H16ClN3O/c17-9-12-8-16(21)20(11-12)14-6-7-15(18-10-14)19-13-4-2-1-3-5-13/h1-7,10,12H,8-9,11H2,(H,18,19). The van der Waals surface area contributed by atoms with E-state index in [0.29, 0.717) is 18.8 Å². The van der Waals surface area contributed by atoms with E-state index in [1.807, 2.05) is 42.5 Å². The van der Waals surface area contributed by atoms with Gasteiger partial charge >= 0.3 is 0 Å². The Hall–Kier alpha value is -2.07. The second-order valence-corrected chi connectivity index (χ2v) is 5.43. The van der Waals surface area contributed by atoms with Crippen LogP contribution >= 0.6 is 11.6 Å². The number of amides is 1. The zero-order valence-electron chi connectivity index (χ0n) is 11.5. The number of nitrogens with one attached hydrogen (secondary N) is 1. The quantitative estimate of drug-likeness (QED) is 0.880. The molecule has 5 heteroatoms. The molecule has 1 amide bonds. The number of carbonyl (C=O) groups excluding carboxylic acids is 1. The zero-order valence-corrected chi connectivity index (χ0v) is 12.3. The van der Waals surface area contributed by atoms with Gasteiger partial charge in [0, 0.05) is 24.5 Å². The number of para-hydroxylation sites is 1. The largest absolute Gasteiger partial charge is 0.340 e. The van der Waals surface area contributed by atoms with Gasteiger partial charge in [-0.1, -0.05) is 18.2 Å². The number of pyridine rings is 1. The number of anilines is 3. The van der Waals surface area contributed by atoms with Gasteiger partial charge in [0.15, 0.2) is 0 Å². The lowest BCUT2D eigenvalue weighted by molar-refractivity contribution is -0.117. The number of hydrogen-bond acceptors (Lipinski definition) is 3. The average molecular weight is 302 g/mol. The van der Waals surface area contributed by atoms with Crippen LogP contribution in [-0.4, -0.2) is 23.3 Å². The molecule has 0 aliphatic carbocycles. The van der Waals surface area contributed by atoms with Crippen LogP contribution in [0.1, 0.15) is 6.42 Å². The van der Waals surface area contributed by atoms with Crippen molar-refractivity contribution >= 4 is 34.7 Å². The lowest BCUT2D eigenvalue weighted by atomic mass is 10.1. The van der Waals surface area contributed by atoms with Gasteiger partial charge in [-0.05, 0) is 30.2 Å². The summed E-state index contributed by atoms with van der Waals surface area (Å²) in [5.74, 6) is 1.63. The first-order valence-corrected chi connectivity index (χ1v) is 7.44. The van der Waals surface area contributed by atoms with Gasteiger partial charge in [-0.2, -0.15) is 0 Å². The van der Waals surface area contributed by atoms with Crippen LogP contribution in [0.25, 0.3) is 0 Å². The highest BCUT2D eigenvalue weighted by atomic mass is 35.5. The number of benzene rings is 1. The molecule has 108 valence electrons. The SMILES string of the molecule is O=C1CC(CCl)CN1c1ccc(Nc2ccccc2)nc1. The van der Waals surface area contributed by atoms with Crippen molar-refractivity contribution in [1.82, 2.24) is 4.98 Å². The van der Waals surface area contributed by atoms with Gasteiger partial charge in [-0.25, -0.2) is 4.98 Å². The smallest absolute Gasteiger partial charge is 0.227 e. The summed E-state index contributed by atoms with van der Waals surface area (Å²) in [4.78, 5) is 18.1. The summed E-state index contributed by atoms with van der Waals surface area (Å²) in [5, 5.41) is 3.22. The molecule has 1 saturated heterocycles. The highest BCUT2D eigenvalue weighted by molar-refractivity contribution is 6.18. The number of halogens is 1. The summed E-state index contributed by atoms with van der Waals surface area (Å²) >= 11 is 5.84. The van der Waals surface area contributed by atoms with Crippen molar-refractivity contribution in [3.05, 3.63) is 48.7 Å². The van der Waals surface area contributed by atoms with Crippen molar-refractivity contribution < 1.29 is 4.79 Å². The van der Waals surface area contributed by atoms with Crippen LogP contribution in [-0.2, 0) is 4.79 Å². The lowest BCUT2D eigenvalue weighted by Gasteiger charge is -2.16. The highest BCUT2D eigenvalue weighted by Gasteiger charge is 2.29. The van der Waals surface area contributed by atoms with Crippen molar-refractivity contribution in [2.24, 2.45) is 5.92 Å². The van der Waals surface area contributed by atoms with E-state index in [4.69, 9.17) is 11.6 Å². The zero-order chi connectivity index (χ0) is 14.7. The molecule has 1 N–H and O–H groups in total. The van der Waals surface area contributed by atoms with Crippen molar-refractivity contribution in [3.8, 4) is 0 Å². The van der Waals surface area contributed by atoms with Crippen LogP contribution in [0, 0.1) is 5.92 Å². The van der Waals surface area contributed by atoms with E-state index in [2.05, 4.69) is 10.3 Å². The Bertz CT molecular complexity index is 615. The molecule has 1 atom stereocenters. The van der Waals surface area contributed by atoms with Crippen LogP contribution in [0.15, 0.2) is 48.7 Å². The van der Waals surface area contributed by atoms with E-state index in [9.17, 15) is 4.79 Å². The molecule has 2 heterocycles. The Kier molecular flexibility index (Phi) is 4.06. The molecule has 1 aromatic heterocycles. The first-order chi connectivity index (χ1) is 10.3. The van der Waals surface area contributed by atoms with Crippen molar-refractivity contribution in [1.29, 1.82) is 0 Å². The third-order valence-electron chi connectivity index (χ3n) is 3.53. The van der Waals surface area contributed by atoms with Gasteiger partial charge in [0.2, 0.25) is 5.91 Å². The minimum absolute atomic E-state index is 0.117. The third-order valence-corrected chi connectivity index (χ3v) is 3.97. The van der Waals surface area contributed by atoms with Crippen molar-refractivity contribution in [2.75, 3.05) is 22.6 Å². The minimum Gasteiger partial charge on any atom is -0.340 e. The molecular formula is C16H16ClN3O. The molecule has 0 spiro atoms. The van der Waals surface area contributed by atoms with Crippen molar-refractivity contribution in [2.45, 2.75) is 6.42 Å². The molecule has 0 radical (unpaired) electrons. The van der Waals surface area contributed by atoms with Crippen LogP contribution in [0.4, 0.5) is 17.2 Å². The maximum absolute atomic E-state index is 11.9. The molecule has 1 aromatic carbocycles. The van der Waals surface area contributed by atoms with E-state index < -0.39 is 0 Å².